The summed E-state index contributed by atoms with van der Waals surface area (Å²) in [6.45, 7) is 8.34. The quantitative estimate of drug-likeness (QED) is 0.551. The van der Waals surface area contributed by atoms with Gasteiger partial charge in [0.1, 0.15) is 5.82 Å². The van der Waals surface area contributed by atoms with Crippen molar-refractivity contribution < 1.29 is 4.79 Å². The average molecular weight is 292 g/mol. The van der Waals surface area contributed by atoms with Crippen LogP contribution in [0.15, 0.2) is 17.3 Å². The first kappa shape index (κ1) is 16.9. The van der Waals surface area contributed by atoms with Crippen molar-refractivity contribution in [2.24, 2.45) is 4.99 Å². The highest BCUT2D eigenvalue weighted by atomic mass is 16.2. The maximum Gasteiger partial charge on any atom is 0.239 e. The average Bonchev–Trinajstić information content (AvgIpc) is 2.37. The van der Waals surface area contributed by atoms with Crippen molar-refractivity contribution in [3.05, 3.63) is 23.8 Å². The SMILES string of the molecule is CN=C(NCC(=O)NC(C)(C)C)NCc1ccnc(C)n1. The first-order valence-electron chi connectivity index (χ1n) is 6.84. The molecule has 0 saturated heterocycles. The van der Waals surface area contributed by atoms with Gasteiger partial charge in [0.25, 0.3) is 0 Å². The smallest absolute Gasteiger partial charge is 0.239 e. The van der Waals surface area contributed by atoms with E-state index in [-0.39, 0.29) is 18.0 Å². The number of rotatable bonds is 4. The molecule has 0 aliphatic carbocycles. The second-order valence-electron chi connectivity index (χ2n) is 5.67. The highest BCUT2D eigenvalue weighted by Crippen LogP contribution is 1.97. The summed E-state index contributed by atoms with van der Waals surface area (Å²) in [5, 5.41) is 8.93. The van der Waals surface area contributed by atoms with Gasteiger partial charge < -0.3 is 16.0 Å². The van der Waals surface area contributed by atoms with E-state index in [0.717, 1.165) is 11.5 Å². The van der Waals surface area contributed by atoms with E-state index in [2.05, 4.69) is 30.9 Å². The van der Waals surface area contributed by atoms with Gasteiger partial charge in [0.15, 0.2) is 5.96 Å². The van der Waals surface area contributed by atoms with Gasteiger partial charge in [-0.1, -0.05) is 0 Å². The fraction of sp³-hybridized carbons (Fsp3) is 0.571. The molecule has 1 heterocycles. The van der Waals surface area contributed by atoms with Crippen molar-refractivity contribution in [2.45, 2.75) is 39.8 Å². The lowest BCUT2D eigenvalue weighted by atomic mass is 10.1. The first-order valence-corrected chi connectivity index (χ1v) is 6.84. The molecule has 0 bridgehead atoms. The van der Waals surface area contributed by atoms with E-state index in [1.807, 2.05) is 33.8 Å². The Morgan fingerprint density at radius 2 is 2.05 bits per heavy atom. The lowest BCUT2D eigenvalue weighted by Gasteiger charge is -2.21. The third-order valence-electron chi connectivity index (χ3n) is 2.43. The van der Waals surface area contributed by atoms with Gasteiger partial charge in [0, 0.05) is 18.8 Å². The van der Waals surface area contributed by atoms with Crippen molar-refractivity contribution in [3.63, 3.8) is 0 Å². The normalized spacial score (nSPS) is 12.0. The zero-order chi connectivity index (χ0) is 15.9. The van der Waals surface area contributed by atoms with E-state index in [1.54, 1.807) is 13.2 Å². The number of aliphatic imine (C=N–C) groups is 1. The molecule has 7 heteroatoms. The van der Waals surface area contributed by atoms with Crippen LogP contribution in [0.3, 0.4) is 0 Å². The zero-order valence-electron chi connectivity index (χ0n) is 13.3. The fourth-order valence-electron chi connectivity index (χ4n) is 1.62. The van der Waals surface area contributed by atoms with Crippen LogP contribution in [0.5, 0.6) is 0 Å². The first-order chi connectivity index (χ1) is 9.80. The van der Waals surface area contributed by atoms with Crippen LogP contribution in [0.2, 0.25) is 0 Å². The Kier molecular flexibility index (Phi) is 6.08. The van der Waals surface area contributed by atoms with Gasteiger partial charge in [-0.3, -0.25) is 9.79 Å². The summed E-state index contributed by atoms with van der Waals surface area (Å²) in [4.78, 5) is 24.1. The summed E-state index contributed by atoms with van der Waals surface area (Å²) in [7, 11) is 1.65. The zero-order valence-corrected chi connectivity index (χ0v) is 13.3. The van der Waals surface area contributed by atoms with Gasteiger partial charge in [0.05, 0.1) is 18.8 Å². The molecular weight excluding hydrogens is 268 g/mol. The molecule has 0 radical (unpaired) electrons. The second kappa shape index (κ2) is 7.56. The second-order valence-corrected chi connectivity index (χ2v) is 5.67. The maximum absolute atomic E-state index is 11.7. The molecule has 0 spiro atoms. The van der Waals surface area contributed by atoms with Crippen LogP contribution < -0.4 is 16.0 Å². The Bertz CT molecular complexity index is 506. The molecule has 21 heavy (non-hydrogen) atoms. The van der Waals surface area contributed by atoms with Crippen LogP contribution in [-0.4, -0.2) is 41.0 Å². The molecular formula is C14H24N6O. The molecule has 3 N–H and O–H groups in total. The number of carbonyl (C=O) groups is 1. The molecule has 0 atom stereocenters. The Labute approximate surface area is 125 Å². The number of nitrogens with zero attached hydrogens (tertiary/aromatic N) is 3. The largest absolute Gasteiger partial charge is 0.351 e. The minimum atomic E-state index is -0.242. The van der Waals surface area contributed by atoms with Crippen LogP contribution in [0.1, 0.15) is 32.3 Å². The molecule has 116 valence electrons. The van der Waals surface area contributed by atoms with Crippen LogP contribution in [-0.2, 0) is 11.3 Å². The number of aryl methyl sites for hydroxylation is 1. The Balaban J connectivity index is 2.41. The van der Waals surface area contributed by atoms with Gasteiger partial charge >= 0.3 is 0 Å². The van der Waals surface area contributed by atoms with E-state index in [1.165, 1.54) is 0 Å². The molecule has 0 fully saturated rings. The number of amides is 1. The highest BCUT2D eigenvalue weighted by Gasteiger charge is 2.13. The number of hydrogen-bond donors (Lipinski definition) is 3. The van der Waals surface area contributed by atoms with Crippen LogP contribution >= 0.6 is 0 Å². The molecule has 0 aliphatic rings. The molecule has 1 aromatic rings. The maximum atomic E-state index is 11.7. The number of guanidine groups is 1. The third-order valence-corrected chi connectivity index (χ3v) is 2.43. The molecule has 0 unspecified atom stereocenters. The predicted molar refractivity (Wildman–Crippen MR) is 82.9 cm³/mol. The van der Waals surface area contributed by atoms with Gasteiger partial charge in [-0.15, -0.1) is 0 Å². The molecule has 0 aliphatic heterocycles. The van der Waals surface area contributed by atoms with Crippen molar-refractivity contribution in [2.75, 3.05) is 13.6 Å². The molecule has 1 rings (SSSR count). The van der Waals surface area contributed by atoms with E-state index >= 15 is 0 Å². The Hall–Kier alpha value is -2.18. The van der Waals surface area contributed by atoms with Crippen LogP contribution in [0.4, 0.5) is 0 Å². The summed E-state index contributed by atoms with van der Waals surface area (Å²) >= 11 is 0. The lowest BCUT2D eigenvalue weighted by molar-refractivity contribution is -0.121. The van der Waals surface area contributed by atoms with Crippen molar-refractivity contribution in [3.8, 4) is 0 Å². The summed E-state index contributed by atoms with van der Waals surface area (Å²) in [6.07, 6.45) is 1.71. The minimum Gasteiger partial charge on any atom is -0.351 e. The van der Waals surface area contributed by atoms with Crippen LogP contribution in [0.25, 0.3) is 0 Å². The molecule has 1 aromatic heterocycles. The van der Waals surface area contributed by atoms with Gasteiger partial charge in [-0.25, -0.2) is 9.97 Å². The number of hydrogen-bond acceptors (Lipinski definition) is 4. The van der Waals surface area contributed by atoms with Gasteiger partial charge in [-0.05, 0) is 33.8 Å². The van der Waals surface area contributed by atoms with Crippen molar-refractivity contribution >= 4 is 11.9 Å². The van der Waals surface area contributed by atoms with Crippen LogP contribution in [0, 0.1) is 6.92 Å². The van der Waals surface area contributed by atoms with E-state index < -0.39 is 0 Å². The summed E-state index contributed by atoms with van der Waals surface area (Å²) < 4.78 is 0. The standard InChI is InChI=1S/C14H24N6O/c1-10-16-7-6-11(19-10)8-17-13(15-5)18-9-12(21)20-14(2,3)4/h6-7H,8-9H2,1-5H3,(H,20,21)(H2,15,17,18). The number of aromatic nitrogens is 2. The number of carbonyl (C=O) groups excluding carboxylic acids is 1. The Morgan fingerprint density at radius 1 is 1.33 bits per heavy atom. The number of nitrogens with one attached hydrogen (secondary N) is 3. The van der Waals surface area contributed by atoms with E-state index in [9.17, 15) is 4.79 Å². The van der Waals surface area contributed by atoms with Crippen molar-refractivity contribution in [1.82, 2.24) is 25.9 Å². The molecule has 7 nitrogen and oxygen atoms in total. The topological polar surface area (TPSA) is 91.3 Å². The summed E-state index contributed by atoms with van der Waals surface area (Å²) in [5.41, 5.74) is 0.623. The molecule has 0 saturated carbocycles. The fourth-order valence-corrected chi connectivity index (χ4v) is 1.62. The third kappa shape index (κ3) is 7.24. The summed E-state index contributed by atoms with van der Waals surface area (Å²) in [6, 6.07) is 1.83. The molecule has 1 amide bonds. The van der Waals surface area contributed by atoms with E-state index in [4.69, 9.17) is 0 Å². The summed E-state index contributed by atoms with van der Waals surface area (Å²) in [5.74, 6) is 1.19. The van der Waals surface area contributed by atoms with Gasteiger partial charge in [0.2, 0.25) is 5.91 Å². The van der Waals surface area contributed by atoms with E-state index in [0.29, 0.717) is 12.5 Å². The minimum absolute atomic E-state index is 0.0802. The predicted octanol–water partition coefficient (Wildman–Crippen LogP) is 0.365. The molecule has 0 aromatic carbocycles. The highest BCUT2D eigenvalue weighted by molar-refractivity contribution is 5.86. The Morgan fingerprint density at radius 3 is 2.62 bits per heavy atom. The van der Waals surface area contributed by atoms with Gasteiger partial charge in [-0.2, -0.15) is 0 Å². The monoisotopic (exact) mass is 292 g/mol. The van der Waals surface area contributed by atoms with Crippen molar-refractivity contribution in [1.29, 1.82) is 0 Å². The lowest BCUT2D eigenvalue weighted by Crippen LogP contribution is -2.48.